The third-order valence-electron chi connectivity index (χ3n) is 3.94. The first kappa shape index (κ1) is 16.3. The van der Waals surface area contributed by atoms with E-state index in [1.165, 1.54) is 12.8 Å². The number of benzene rings is 1. The van der Waals surface area contributed by atoms with Crippen LogP contribution in [-0.4, -0.2) is 20.5 Å². The Morgan fingerprint density at radius 2 is 1.71 bits per heavy atom. The molecule has 21 heavy (non-hydrogen) atoms. The van der Waals surface area contributed by atoms with Crippen LogP contribution in [0.1, 0.15) is 46.5 Å². The van der Waals surface area contributed by atoms with Crippen molar-refractivity contribution >= 4 is 15.7 Å². The van der Waals surface area contributed by atoms with Gasteiger partial charge in [0.15, 0.2) is 0 Å². The molecule has 118 valence electrons. The molecule has 1 aromatic rings. The van der Waals surface area contributed by atoms with Crippen LogP contribution < -0.4 is 10.0 Å². The second-order valence-electron chi connectivity index (χ2n) is 6.37. The van der Waals surface area contributed by atoms with Gasteiger partial charge in [-0.15, -0.1) is 0 Å². The van der Waals surface area contributed by atoms with Gasteiger partial charge >= 0.3 is 0 Å². The number of nitrogens with one attached hydrogen (secondary N) is 2. The summed E-state index contributed by atoms with van der Waals surface area (Å²) in [5.74, 6) is 0.782. The molecule has 0 bridgehead atoms. The van der Waals surface area contributed by atoms with E-state index in [0.29, 0.717) is 16.6 Å². The molecule has 0 aromatic heterocycles. The van der Waals surface area contributed by atoms with Gasteiger partial charge in [-0.3, -0.25) is 0 Å². The first-order valence-electron chi connectivity index (χ1n) is 7.76. The number of sulfonamides is 1. The summed E-state index contributed by atoms with van der Waals surface area (Å²) >= 11 is 0. The molecule has 0 aliphatic heterocycles. The van der Waals surface area contributed by atoms with Gasteiger partial charge in [0.1, 0.15) is 4.90 Å². The van der Waals surface area contributed by atoms with Gasteiger partial charge in [0.25, 0.3) is 0 Å². The summed E-state index contributed by atoms with van der Waals surface area (Å²) in [5.41, 5.74) is 0.713. The van der Waals surface area contributed by atoms with Crippen molar-refractivity contribution in [1.29, 1.82) is 0 Å². The van der Waals surface area contributed by atoms with Crippen LogP contribution in [0, 0.1) is 5.92 Å². The van der Waals surface area contributed by atoms with Crippen LogP contribution in [0.15, 0.2) is 29.2 Å². The van der Waals surface area contributed by atoms with Crippen LogP contribution in [0.5, 0.6) is 0 Å². The molecule has 1 saturated carbocycles. The Morgan fingerprint density at radius 1 is 1.10 bits per heavy atom. The van der Waals surface area contributed by atoms with E-state index in [1.54, 1.807) is 12.1 Å². The summed E-state index contributed by atoms with van der Waals surface area (Å²) in [6, 6.07) is 7.42. The van der Waals surface area contributed by atoms with Crippen LogP contribution in [-0.2, 0) is 10.0 Å². The molecule has 1 aliphatic carbocycles. The molecule has 0 atom stereocenters. The fraction of sp³-hybridized carbons (Fsp3) is 0.625. The van der Waals surface area contributed by atoms with Crippen molar-refractivity contribution in [3.05, 3.63) is 24.3 Å². The molecule has 0 amide bonds. The monoisotopic (exact) mass is 310 g/mol. The van der Waals surface area contributed by atoms with Crippen molar-refractivity contribution in [2.24, 2.45) is 5.92 Å². The largest absolute Gasteiger partial charge is 0.381 e. The van der Waals surface area contributed by atoms with Crippen molar-refractivity contribution in [2.45, 2.75) is 63.4 Å². The molecular weight excluding hydrogens is 284 g/mol. The van der Waals surface area contributed by atoms with E-state index in [1.807, 2.05) is 26.0 Å². The Morgan fingerprint density at radius 3 is 2.33 bits per heavy atom. The lowest BCUT2D eigenvalue weighted by atomic mass is 9.87. The highest BCUT2D eigenvalue weighted by Gasteiger charge is 2.23. The lowest BCUT2D eigenvalue weighted by Crippen LogP contribution is -2.32. The zero-order valence-corrected chi connectivity index (χ0v) is 13.9. The fourth-order valence-corrected chi connectivity index (χ4v) is 4.24. The zero-order chi connectivity index (χ0) is 15.5. The van der Waals surface area contributed by atoms with E-state index in [2.05, 4.69) is 17.0 Å². The molecule has 0 heterocycles. The molecule has 5 heteroatoms. The van der Waals surface area contributed by atoms with E-state index in [9.17, 15) is 8.42 Å². The minimum Gasteiger partial charge on any atom is -0.381 e. The molecule has 0 radical (unpaired) electrons. The van der Waals surface area contributed by atoms with E-state index in [0.717, 1.165) is 18.8 Å². The Bertz CT molecular complexity index is 561. The molecule has 1 fully saturated rings. The molecule has 2 N–H and O–H groups in total. The van der Waals surface area contributed by atoms with Gasteiger partial charge in [-0.2, -0.15) is 0 Å². The molecule has 2 rings (SSSR count). The van der Waals surface area contributed by atoms with Gasteiger partial charge in [-0.1, -0.05) is 19.1 Å². The van der Waals surface area contributed by atoms with Gasteiger partial charge in [0.05, 0.1) is 5.69 Å². The van der Waals surface area contributed by atoms with Crippen LogP contribution >= 0.6 is 0 Å². The van der Waals surface area contributed by atoms with E-state index < -0.39 is 10.0 Å². The Hall–Kier alpha value is -1.07. The molecule has 4 nitrogen and oxygen atoms in total. The number of hydrogen-bond donors (Lipinski definition) is 2. The highest BCUT2D eigenvalue weighted by Crippen LogP contribution is 2.28. The normalized spacial score (nSPS) is 23.2. The number of rotatable bonds is 5. The number of anilines is 1. The summed E-state index contributed by atoms with van der Waals surface area (Å²) < 4.78 is 27.5. The van der Waals surface area contributed by atoms with Gasteiger partial charge in [-0.05, 0) is 57.6 Å². The summed E-state index contributed by atoms with van der Waals surface area (Å²) in [6.45, 7) is 5.94. The van der Waals surface area contributed by atoms with Crippen molar-refractivity contribution in [3.63, 3.8) is 0 Å². The summed E-state index contributed by atoms with van der Waals surface area (Å²) in [7, 11) is -3.46. The van der Waals surface area contributed by atoms with Crippen LogP contribution in [0.4, 0.5) is 5.69 Å². The molecular formula is C16H26N2O2S. The molecule has 0 spiro atoms. The van der Waals surface area contributed by atoms with Gasteiger partial charge in [-0.25, -0.2) is 13.1 Å². The first-order chi connectivity index (χ1) is 9.88. The standard InChI is InChI=1S/C16H26N2O2S/c1-12(2)18-21(19,20)16-7-5-4-6-15(16)17-14-10-8-13(3)9-11-14/h4-7,12-14,17-18H,8-11H2,1-3H3. The van der Waals surface area contributed by atoms with Gasteiger partial charge < -0.3 is 5.32 Å². The quantitative estimate of drug-likeness (QED) is 0.876. The van der Waals surface area contributed by atoms with Crippen LogP contribution in [0.3, 0.4) is 0 Å². The molecule has 0 saturated heterocycles. The summed E-state index contributed by atoms with van der Waals surface area (Å²) in [4.78, 5) is 0.345. The van der Waals surface area contributed by atoms with Crippen molar-refractivity contribution in [2.75, 3.05) is 5.32 Å². The predicted molar refractivity (Wildman–Crippen MR) is 86.9 cm³/mol. The Kier molecular flexibility index (Phi) is 5.27. The maximum absolute atomic E-state index is 12.4. The average molecular weight is 310 g/mol. The second kappa shape index (κ2) is 6.79. The minimum atomic E-state index is -3.46. The average Bonchev–Trinajstić information content (AvgIpc) is 2.40. The lowest BCUT2D eigenvalue weighted by molar-refractivity contribution is 0.361. The molecule has 0 unspecified atom stereocenters. The Balaban J connectivity index is 2.17. The van der Waals surface area contributed by atoms with Crippen molar-refractivity contribution < 1.29 is 8.42 Å². The van der Waals surface area contributed by atoms with Gasteiger partial charge in [0.2, 0.25) is 10.0 Å². The number of para-hydroxylation sites is 1. The summed E-state index contributed by atoms with van der Waals surface area (Å²) in [6.07, 6.45) is 4.62. The van der Waals surface area contributed by atoms with Crippen LogP contribution in [0.25, 0.3) is 0 Å². The van der Waals surface area contributed by atoms with E-state index in [4.69, 9.17) is 0 Å². The van der Waals surface area contributed by atoms with Gasteiger partial charge in [0, 0.05) is 12.1 Å². The first-order valence-corrected chi connectivity index (χ1v) is 9.24. The third-order valence-corrected chi connectivity index (χ3v) is 5.66. The Labute approximate surface area is 128 Å². The minimum absolute atomic E-state index is 0.112. The SMILES string of the molecule is CC1CCC(Nc2ccccc2S(=O)(=O)NC(C)C)CC1. The topological polar surface area (TPSA) is 58.2 Å². The zero-order valence-electron chi connectivity index (χ0n) is 13.1. The molecule has 1 aromatic carbocycles. The number of hydrogen-bond acceptors (Lipinski definition) is 3. The van der Waals surface area contributed by atoms with Crippen molar-refractivity contribution in [3.8, 4) is 0 Å². The molecule has 1 aliphatic rings. The smallest absolute Gasteiger partial charge is 0.242 e. The maximum Gasteiger partial charge on any atom is 0.242 e. The predicted octanol–water partition coefficient (Wildman–Crippen LogP) is 3.36. The van der Waals surface area contributed by atoms with E-state index in [-0.39, 0.29) is 6.04 Å². The second-order valence-corrected chi connectivity index (χ2v) is 8.06. The lowest BCUT2D eigenvalue weighted by Gasteiger charge is -2.28. The maximum atomic E-state index is 12.4. The van der Waals surface area contributed by atoms with Crippen molar-refractivity contribution in [1.82, 2.24) is 4.72 Å². The van der Waals surface area contributed by atoms with E-state index >= 15 is 0 Å². The summed E-state index contributed by atoms with van der Waals surface area (Å²) in [5, 5.41) is 3.43. The highest BCUT2D eigenvalue weighted by atomic mass is 32.2. The fourth-order valence-electron chi connectivity index (χ4n) is 2.82. The van der Waals surface area contributed by atoms with Crippen LogP contribution in [0.2, 0.25) is 0 Å². The highest BCUT2D eigenvalue weighted by molar-refractivity contribution is 7.89. The third kappa shape index (κ3) is 4.45.